The lowest BCUT2D eigenvalue weighted by Crippen LogP contribution is -2.49. The van der Waals surface area contributed by atoms with Crippen molar-refractivity contribution >= 4 is 16.9 Å². The molecular weight excluding hydrogens is 344 g/mol. The van der Waals surface area contributed by atoms with Gasteiger partial charge in [-0.05, 0) is 52.3 Å². The van der Waals surface area contributed by atoms with Crippen LogP contribution in [0.25, 0.3) is 11.0 Å². The number of esters is 1. The zero-order chi connectivity index (χ0) is 19.8. The van der Waals surface area contributed by atoms with Crippen molar-refractivity contribution in [3.8, 4) is 5.75 Å². The summed E-state index contributed by atoms with van der Waals surface area (Å²) in [6, 6.07) is 5.68. The molecule has 144 valence electrons. The summed E-state index contributed by atoms with van der Waals surface area (Å²) in [6.45, 7) is 9.33. The van der Waals surface area contributed by atoms with E-state index in [1.165, 1.54) is 0 Å². The molecule has 3 rings (SSSR count). The van der Waals surface area contributed by atoms with Crippen LogP contribution in [0.3, 0.4) is 0 Å². The number of aryl methyl sites for hydroxylation is 1. The summed E-state index contributed by atoms with van der Waals surface area (Å²) in [7, 11) is 0. The van der Waals surface area contributed by atoms with E-state index in [2.05, 4.69) is 0 Å². The quantitative estimate of drug-likeness (QED) is 0.455. The van der Waals surface area contributed by atoms with Gasteiger partial charge in [-0.25, -0.2) is 9.59 Å². The summed E-state index contributed by atoms with van der Waals surface area (Å²) >= 11 is 0. The molecule has 0 amide bonds. The molecule has 1 aliphatic rings. The molecule has 1 aliphatic heterocycles. The Hall–Kier alpha value is -2.56. The van der Waals surface area contributed by atoms with Crippen LogP contribution in [0.2, 0.25) is 0 Å². The maximum absolute atomic E-state index is 12.3. The maximum Gasteiger partial charge on any atom is 0.339 e. The first-order chi connectivity index (χ1) is 12.8. The molecule has 0 aliphatic carbocycles. The highest BCUT2D eigenvalue weighted by Crippen LogP contribution is 2.39. The first-order valence-corrected chi connectivity index (χ1v) is 9.38. The fourth-order valence-corrected chi connectivity index (χ4v) is 3.30. The van der Waals surface area contributed by atoms with Crippen LogP contribution < -0.4 is 10.4 Å². The van der Waals surface area contributed by atoms with Crippen molar-refractivity contribution in [1.82, 2.24) is 0 Å². The molecule has 0 saturated carbocycles. The molecule has 5 heteroatoms. The summed E-state index contributed by atoms with van der Waals surface area (Å²) in [5.41, 5.74) is 1.49. The molecule has 1 unspecified atom stereocenters. The Morgan fingerprint density at radius 2 is 2.11 bits per heavy atom. The van der Waals surface area contributed by atoms with Gasteiger partial charge in [0.15, 0.2) is 0 Å². The lowest BCUT2D eigenvalue weighted by atomic mass is 9.89. The van der Waals surface area contributed by atoms with E-state index in [1.54, 1.807) is 19.9 Å². The van der Waals surface area contributed by atoms with Crippen LogP contribution in [-0.2, 0) is 22.4 Å². The van der Waals surface area contributed by atoms with Crippen molar-refractivity contribution in [1.29, 1.82) is 0 Å². The Labute approximate surface area is 159 Å². The monoisotopic (exact) mass is 370 g/mol. The number of carbonyl (C=O) groups is 1. The maximum atomic E-state index is 12.3. The zero-order valence-electron chi connectivity index (χ0n) is 16.5. The average molecular weight is 370 g/mol. The van der Waals surface area contributed by atoms with Crippen LogP contribution in [0.15, 0.2) is 39.1 Å². The number of carbonyl (C=O) groups excluding carboxylic acids is 1. The van der Waals surface area contributed by atoms with E-state index >= 15 is 0 Å². The van der Waals surface area contributed by atoms with Gasteiger partial charge >= 0.3 is 11.6 Å². The third-order valence-electron chi connectivity index (χ3n) is 5.10. The van der Waals surface area contributed by atoms with Gasteiger partial charge in [0.2, 0.25) is 0 Å². The molecular formula is C22H26O5. The standard InChI is InChI=1S/C22H26O5/c1-6-8-15-11-14-9-10-17-16(19(14)26-21(15)24)12-18(22(4,5)27-17)25-20(23)13(3)7-2/h7,9-11,18H,6,8,12H2,1-5H3. The highest BCUT2D eigenvalue weighted by molar-refractivity contribution is 5.88. The molecule has 1 aromatic carbocycles. The van der Waals surface area contributed by atoms with Crippen LogP contribution >= 0.6 is 0 Å². The fourth-order valence-electron chi connectivity index (χ4n) is 3.30. The van der Waals surface area contributed by atoms with Crippen molar-refractivity contribution in [3.63, 3.8) is 0 Å². The van der Waals surface area contributed by atoms with Gasteiger partial charge in [0.1, 0.15) is 23.0 Å². The molecule has 0 fully saturated rings. The van der Waals surface area contributed by atoms with E-state index in [1.807, 2.05) is 39.0 Å². The number of hydrogen-bond donors (Lipinski definition) is 0. The summed E-state index contributed by atoms with van der Waals surface area (Å²) in [4.78, 5) is 24.6. The topological polar surface area (TPSA) is 65.7 Å². The number of hydrogen-bond acceptors (Lipinski definition) is 5. The molecule has 0 N–H and O–H groups in total. The fraction of sp³-hybridized carbons (Fsp3) is 0.455. The second-order valence-corrected chi connectivity index (χ2v) is 7.54. The van der Waals surface area contributed by atoms with Crippen molar-refractivity contribution < 1.29 is 18.7 Å². The SMILES string of the molecule is CC=C(C)C(=O)OC1Cc2c(ccc3cc(CCC)c(=O)oc23)OC1(C)C. The minimum absolute atomic E-state index is 0.319. The van der Waals surface area contributed by atoms with Crippen molar-refractivity contribution in [2.75, 3.05) is 0 Å². The van der Waals surface area contributed by atoms with Crippen LogP contribution in [0, 0.1) is 0 Å². The molecule has 1 atom stereocenters. The van der Waals surface area contributed by atoms with E-state index in [4.69, 9.17) is 13.9 Å². The summed E-state index contributed by atoms with van der Waals surface area (Å²) in [6.07, 6.45) is 3.22. The highest BCUT2D eigenvalue weighted by Gasteiger charge is 2.41. The zero-order valence-corrected chi connectivity index (χ0v) is 16.5. The molecule has 0 bridgehead atoms. The van der Waals surface area contributed by atoms with Gasteiger partial charge in [0.25, 0.3) is 0 Å². The van der Waals surface area contributed by atoms with Crippen LogP contribution in [0.5, 0.6) is 5.75 Å². The van der Waals surface area contributed by atoms with Gasteiger partial charge in [0, 0.05) is 28.5 Å². The minimum Gasteiger partial charge on any atom is -0.484 e. The Morgan fingerprint density at radius 1 is 1.37 bits per heavy atom. The van der Waals surface area contributed by atoms with Crippen molar-refractivity contribution in [2.24, 2.45) is 0 Å². The van der Waals surface area contributed by atoms with Gasteiger partial charge in [-0.2, -0.15) is 0 Å². The summed E-state index contributed by atoms with van der Waals surface area (Å²) in [5.74, 6) is 0.295. The Kier molecular flexibility index (Phi) is 5.13. The van der Waals surface area contributed by atoms with Gasteiger partial charge < -0.3 is 13.9 Å². The van der Waals surface area contributed by atoms with E-state index in [9.17, 15) is 9.59 Å². The predicted molar refractivity (Wildman–Crippen MR) is 104 cm³/mol. The van der Waals surface area contributed by atoms with Crippen molar-refractivity contribution in [3.05, 3.63) is 51.4 Å². The lowest BCUT2D eigenvalue weighted by molar-refractivity contribution is -0.156. The molecule has 0 saturated heterocycles. The number of ether oxygens (including phenoxy) is 2. The van der Waals surface area contributed by atoms with Gasteiger partial charge in [-0.3, -0.25) is 0 Å². The van der Waals surface area contributed by atoms with Crippen molar-refractivity contribution in [2.45, 2.75) is 65.6 Å². The molecule has 0 radical (unpaired) electrons. The van der Waals surface area contributed by atoms with Crippen LogP contribution in [-0.4, -0.2) is 17.7 Å². The van der Waals surface area contributed by atoms with Gasteiger partial charge in [-0.15, -0.1) is 0 Å². The largest absolute Gasteiger partial charge is 0.484 e. The number of benzene rings is 1. The Bertz CT molecular complexity index is 965. The molecule has 2 aromatic rings. The number of rotatable bonds is 4. The summed E-state index contributed by atoms with van der Waals surface area (Å²) in [5, 5.41) is 0.856. The molecule has 5 nitrogen and oxygen atoms in total. The van der Waals surface area contributed by atoms with E-state index in [0.717, 1.165) is 17.4 Å². The van der Waals surface area contributed by atoms with E-state index in [-0.39, 0.29) is 11.6 Å². The molecule has 0 spiro atoms. The minimum atomic E-state index is -0.688. The summed E-state index contributed by atoms with van der Waals surface area (Å²) < 4.78 is 17.5. The van der Waals surface area contributed by atoms with Gasteiger partial charge in [0.05, 0.1) is 0 Å². The smallest absolute Gasteiger partial charge is 0.339 e. The molecule has 27 heavy (non-hydrogen) atoms. The Morgan fingerprint density at radius 3 is 2.78 bits per heavy atom. The predicted octanol–water partition coefficient (Wildman–Crippen LogP) is 4.34. The van der Waals surface area contributed by atoms with Crippen LogP contribution in [0.4, 0.5) is 0 Å². The Balaban J connectivity index is 2.04. The van der Waals surface area contributed by atoms with E-state index in [0.29, 0.717) is 35.3 Å². The number of fused-ring (bicyclic) bond motifs is 3. The average Bonchev–Trinajstić information content (AvgIpc) is 2.62. The second-order valence-electron chi connectivity index (χ2n) is 7.54. The van der Waals surface area contributed by atoms with Crippen LogP contribution in [0.1, 0.15) is 52.2 Å². The lowest BCUT2D eigenvalue weighted by Gasteiger charge is -2.39. The normalized spacial score (nSPS) is 18.7. The third-order valence-corrected chi connectivity index (χ3v) is 5.10. The van der Waals surface area contributed by atoms with Gasteiger partial charge in [-0.1, -0.05) is 19.4 Å². The first-order valence-electron chi connectivity index (χ1n) is 9.38. The molecule has 2 heterocycles. The highest BCUT2D eigenvalue weighted by atomic mass is 16.6. The number of allylic oxidation sites excluding steroid dienone is 1. The molecule has 1 aromatic heterocycles. The van der Waals surface area contributed by atoms with E-state index < -0.39 is 11.7 Å². The second kappa shape index (κ2) is 7.22. The first kappa shape index (κ1) is 19.2. The third kappa shape index (κ3) is 3.64.